The molecule has 0 spiro atoms. The summed E-state index contributed by atoms with van der Waals surface area (Å²) in [6, 6.07) is -1.47. The third kappa shape index (κ3) is 7.93. The van der Waals surface area contributed by atoms with E-state index in [2.05, 4.69) is 15.3 Å². The Morgan fingerprint density at radius 2 is 1.57 bits per heavy atom. The Kier molecular flexibility index (Phi) is 8.84. The smallest absolute Gasteiger partial charge is 0.305 e. The van der Waals surface area contributed by atoms with Crippen LogP contribution in [0.4, 0.5) is 0 Å². The Hall–Kier alpha value is -3.38. The minimum absolute atomic E-state index is 0.469. The van der Waals surface area contributed by atoms with Crippen molar-refractivity contribution in [2.75, 3.05) is 13.1 Å². The molecule has 0 bridgehead atoms. The average molecular weight is 431 g/mol. The molecule has 14 heteroatoms. The van der Waals surface area contributed by atoms with Crippen LogP contribution in [0.1, 0.15) is 29.1 Å². The summed E-state index contributed by atoms with van der Waals surface area (Å²) < 4.78 is 33.3. The number of nitrogens with zero attached hydrogens (tertiary/aromatic N) is 3. The van der Waals surface area contributed by atoms with Crippen molar-refractivity contribution in [3.8, 4) is 0 Å². The molecular weight excluding hydrogens is 408 g/mol. The number of hydrogen-bond acceptors (Lipinski definition) is 11. The largest absolute Gasteiger partial charge is 0.463 e. The van der Waals surface area contributed by atoms with Gasteiger partial charge in [0.15, 0.2) is 12.2 Å². The number of azide groups is 1. The molecule has 0 radical (unpaired) electrons. The van der Waals surface area contributed by atoms with E-state index in [9.17, 15) is 24.0 Å². The summed E-state index contributed by atoms with van der Waals surface area (Å²) in [5.74, 6) is -4.35. The Balaban J connectivity index is 3.38. The molecule has 1 fully saturated rings. The lowest BCUT2D eigenvalue weighted by Gasteiger charge is -2.44. The van der Waals surface area contributed by atoms with Crippen LogP contribution < -0.4 is 5.32 Å². The number of rotatable bonds is 8. The molecule has 1 saturated heterocycles. The van der Waals surface area contributed by atoms with Gasteiger partial charge in [-0.1, -0.05) is 5.11 Å². The van der Waals surface area contributed by atoms with Crippen molar-refractivity contribution in [2.45, 2.75) is 58.3 Å². The van der Waals surface area contributed by atoms with E-state index in [1.54, 1.807) is 0 Å². The summed E-state index contributed by atoms with van der Waals surface area (Å²) in [6.45, 7) is 1.85. The van der Waals surface area contributed by atoms with E-state index in [0.29, 0.717) is 0 Å². The first kappa shape index (κ1) is 22.9. The van der Waals surface area contributed by atoms with Crippen LogP contribution in [-0.2, 0) is 47.7 Å². The molecule has 1 heterocycles. The van der Waals surface area contributed by atoms with Crippen LogP contribution in [0.25, 0.3) is 10.4 Å². The molecule has 1 aliphatic heterocycles. The molecule has 1 aliphatic rings. The first-order valence-electron chi connectivity index (χ1n) is 9.11. The topological polar surface area (TPSA) is 192 Å². The van der Waals surface area contributed by atoms with Crippen molar-refractivity contribution >= 4 is 29.8 Å². The van der Waals surface area contributed by atoms with Gasteiger partial charge >= 0.3 is 23.9 Å². The number of carbonyl (C=O) groups is 5. The van der Waals surface area contributed by atoms with Gasteiger partial charge < -0.3 is 29.0 Å². The van der Waals surface area contributed by atoms with Crippen LogP contribution >= 0.6 is 0 Å². The number of nitrogens with one attached hydrogen (secondary N) is 1. The zero-order chi connectivity index (χ0) is 23.7. The first-order chi connectivity index (χ1) is 14.5. The van der Waals surface area contributed by atoms with Crippen molar-refractivity contribution < 1.29 is 49.0 Å². The predicted molar refractivity (Wildman–Crippen MR) is 94.1 cm³/mol. The molecule has 1 rings (SSSR count). The van der Waals surface area contributed by atoms with Gasteiger partial charge in [-0.3, -0.25) is 24.0 Å². The molecule has 0 aromatic carbocycles. The fourth-order valence-corrected chi connectivity index (χ4v) is 2.60. The molecule has 0 aromatic rings. The Morgan fingerprint density at radius 3 is 2.07 bits per heavy atom. The van der Waals surface area contributed by atoms with E-state index < -0.39 is 73.6 Å². The van der Waals surface area contributed by atoms with E-state index in [1.807, 2.05) is 0 Å². The number of ether oxygens (including phenoxy) is 5. The molecule has 2 unspecified atom stereocenters. The lowest BCUT2D eigenvalue weighted by molar-refractivity contribution is -0.271. The summed E-state index contributed by atoms with van der Waals surface area (Å²) in [5, 5.41) is 5.16. The highest BCUT2D eigenvalue weighted by Gasteiger charge is 2.52. The van der Waals surface area contributed by atoms with Crippen LogP contribution in [-0.4, -0.2) is 73.6 Å². The van der Waals surface area contributed by atoms with Crippen molar-refractivity contribution in [2.24, 2.45) is 5.11 Å². The Labute approximate surface area is 172 Å². The van der Waals surface area contributed by atoms with Crippen molar-refractivity contribution in [3.63, 3.8) is 0 Å². The summed E-state index contributed by atoms with van der Waals surface area (Å²) in [4.78, 5) is 60.6. The second kappa shape index (κ2) is 11.6. The molecule has 0 saturated carbocycles. The van der Waals surface area contributed by atoms with E-state index in [1.165, 1.54) is 0 Å². The number of hydrogen-bond donors (Lipinski definition) is 1. The summed E-state index contributed by atoms with van der Waals surface area (Å²) in [6.07, 6.45) is -5.74. The third-order valence-corrected chi connectivity index (χ3v) is 3.52. The highest BCUT2D eigenvalue weighted by molar-refractivity contribution is 5.79. The van der Waals surface area contributed by atoms with Crippen LogP contribution in [0.2, 0.25) is 0 Å². The molecule has 166 valence electrons. The maximum atomic E-state index is 12.2. The van der Waals surface area contributed by atoms with Crippen molar-refractivity contribution in [1.82, 2.24) is 5.32 Å². The monoisotopic (exact) mass is 431 g/mol. The average Bonchev–Trinajstić information content (AvgIpc) is 2.63. The van der Waals surface area contributed by atoms with E-state index in [4.69, 9.17) is 30.6 Å². The fourth-order valence-electron chi connectivity index (χ4n) is 2.60. The minimum Gasteiger partial charge on any atom is -0.463 e. The fraction of sp³-hybridized carbons (Fsp3) is 0.688. The third-order valence-electron chi connectivity index (χ3n) is 3.52. The van der Waals surface area contributed by atoms with Gasteiger partial charge in [0, 0.05) is 34.0 Å². The van der Waals surface area contributed by atoms with Gasteiger partial charge in [0.1, 0.15) is 25.3 Å². The van der Waals surface area contributed by atoms with Gasteiger partial charge in [-0.05, 0) is 5.53 Å². The van der Waals surface area contributed by atoms with Crippen molar-refractivity contribution in [1.29, 1.82) is 0 Å². The zero-order valence-corrected chi connectivity index (χ0v) is 16.6. The maximum absolute atomic E-state index is 12.2. The summed E-state index contributed by atoms with van der Waals surface area (Å²) in [5.41, 5.74) is 8.41. The van der Waals surface area contributed by atoms with Crippen LogP contribution in [0.15, 0.2) is 5.11 Å². The van der Waals surface area contributed by atoms with E-state index in [0.717, 1.165) is 27.7 Å². The number of amides is 1. The molecule has 14 nitrogen and oxygen atoms in total. The van der Waals surface area contributed by atoms with E-state index >= 15 is 0 Å². The number of esters is 4. The summed E-state index contributed by atoms with van der Waals surface area (Å²) >= 11 is 0. The van der Waals surface area contributed by atoms with Gasteiger partial charge in [-0.25, -0.2) is 0 Å². The minimum atomic E-state index is -1.92. The highest BCUT2D eigenvalue weighted by Crippen LogP contribution is 2.28. The lowest BCUT2D eigenvalue weighted by Crippen LogP contribution is -2.67. The number of carbonyl (C=O) groups excluding carboxylic acids is 5. The van der Waals surface area contributed by atoms with Gasteiger partial charge in [0.05, 0.1) is 0 Å². The van der Waals surface area contributed by atoms with Crippen LogP contribution in [0.3, 0.4) is 0 Å². The lowest BCUT2D eigenvalue weighted by atomic mass is 9.96. The quantitative estimate of drug-likeness (QED) is 0.172. The molecule has 0 aliphatic carbocycles. The van der Waals surface area contributed by atoms with Crippen LogP contribution in [0.5, 0.6) is 0 Å². The zero-order valence-electron chi connectivity index (χ0n) is 17.6. The molecular formula is C16H22N4O10. The first-order valence-corrected chi connectivity index (χ1v) is 8.53. The van der Waals surface area contributed by atoms with Crippen molar-refractivity contribution in [3.05, 3.63) is 10.4 Å². The van der Waals surface area contributed by atoms with Gasteiger partial charge in [-0.2, -0.15) is 0 Å². The Morgan fingerprint density at radius 1 is 1.00 bits per heavy atom. The molecule has 30 heavy (non-hydrogen) atoms. The maximum Gasteiger partial charge on any atom is 0.305 e. The normalized spacial score (nSPS) is 26.7. The molecule has 1 N–H and O–H groups in total. The predicted octanol–water partition coefficient (Wildman–Crippen LogP) is -0.504. The molecule has 1 amide bonds. The standard InChI is InChI=1S/C16H22N4O10/c1-7(21)26-6-11-14(27-8(2)22)15(28-9(3)23)13(16(30-11)29-10(4)24)19-12(25)5-18-20-17/h11,13-16H,5-6H2,1-4H3,(H,19,25)/t11-,13+,14-,15-,16?/m1/s1/i5D/t5?,11-,13+,14-,15-,16?. The molecule has 6 atom stereocenters. The van der Waals surface area contributed by atoms with Crippen LogP contribution in [0, 0.1) is 0 Å². The second-order valence-electron chi connectivity index (χ2n) is 5.97. The Bertz CT molecular complexity index is 771. The van der Waals surface area contributed by atoms with Gasteiger partial charge in [0.2, 0.25) is 12.2 Å². The molecule has 0 aromatic heterocycles. The SMILES string of the molecule is [2H]C(N=[N+]=[N-])C(=O)N[C@@H]1C(OC(C)=O)O[C@H](COC(C)=O)[C@@H](OC(C)=O)[C@@H]1OC(C)=O. The van der Waals surface area contributed by atoms with Gasteiger partial charge in [0.25, 0.3) is 0 Å². The highest BCUT2D eigenvalue weighted by atomic mass is 16.7. The van der Waals surface area contributed by atoms with Gasteiger partial charge in [-0.15, -0.1) is 0 Å². The van der Waals surface area contributed by atoms with E-state index in [-0.39, 0.29) is 0 Å². The summed E-state index contributed by atoms with van der Waals surface area (Å²) in [7, 11) is 0. The second-order valence-corrected chi connectivity index (χ2v) is 5.97.